The molecule has 184 valence electrons. The van der Waals surface area contributed by atoms with Crippen molar-refractivity contribution < 1.29 is 34.1 Å². The smallest absolute Gasteiger partial charge is 0.306 e. The van der Waals surface area contributed by atoms with Crippen LogP contribution in [0.25, 0.3) is 0 Å². The van der Waals surface area contributed by atoms with E-state index in [1.54, 1.807) is 0 Å². The van der Waals surface area contributed by atoms with Crippen molar-refractivity contribution in [2.75, 3.05) is 0 Å². The second-order valence-corrected chi connectivity index (χ2v) is 10.8. The molecule has 33 heavy (non-hydrogen) atoms. The van der Waals surface area contributed by atoms with Crippen LogP contribution in [0.4, 0.5) is 0 Å². The number of ketones is 1. The van der Waals surface area contributed by atoms with Crippen LogP contribution in [0.3, 0.4) is 0 Å². The van der Waals surface area contributed by atoms with E-state index in [1.165, 1.54) is 13.8 Å². The van der Waals surface area contributed by atoms with Gasteiger partial charge in [0.1, 0.15) is 23.6 Å². The lowest BCUT2D eigenvalue weighted by molar-refractivity contribution is -0.166. The van der Waals surface area contributed by atoms with Gasteiger partial charge in [0.05, 0.1) is 5.92 Å². The fourth-order valence-corrected chi connectivity index (χ4v) is 6.20. The molecule has 0 aromatic carbocycles. The van der Waals surface area contributed by atoms with Crippen LogP contribution in [0, 0.1) is 29.1 Å². The molecule has 7 nitrogen and oxygen atoms in total. The van der Waals surface area contributed by atoms with Crippen LogP contribution in [0.2, 0.25) is 0 Å². The average molecular weight is 463 g/mol. The molecule has 0 aromatic heterocycles. The van der Waals surface area contributed by atoms with Gasteiger partial charge in [0.15, 0.2) is 5.78 Å². The highest BCUT2D eigenvalue weighted by atomic mass is 16.6. The summed E-state index contributed by atoms with van der Waals surface area (Å²) in [4.78, 5) is 37.8. The van der Waals surface area contributed by atoms with Crippen molar-refractivity contribution in [1.82, 2.24) is 0 Å². The van der Waals surface area contributed by atoms with Crippen LogP contribution >= 0.6 is 0 Å². The highest BCUT2D eigenvalue weighted by molar-refractivity contribution is 6.00. The van der Waals surface area contributed by atoms with E-state index in [9.17, 15) is 24.6 Å². The first kappa shape index (κ1) is 25.5. The Morgan fingerprint density at radius 1 is 1.24 bits per heavy atom. The molecular formula is C26H38O7. The van der Waals surface area contributed by atoms with Gasteiger partial charge in [-0.15, -0.1) is 0 Å². The SMILES string of the molecule is C=C1CC[C@H]2[C@@H](C(=O)C(C)=C(O)[C@@]3(O)C[C@H](C)[C@H](OC(=O)CCC)[C@@H]3[C@H]1OC(C)=O)C2(C)C. The molecule has 2 saturated carbocycles. The van der Waals surface area contributed by atoms with Gasteiger partial charge in [-0.05, 0) is 55.4 Å². The van der Waals surface area contributed by atoms with Gasteiger partial charge in [-0.2, -0.15) is 0 Å². The Hall–Kier alpha value is -2.15. The number of aliphatic hydroxyl groups is 2. The molecule has 3 aliphatic carbocycles. The van der Waals surface area contributed by atoms with Crippen LogP contribution in [0.1, 0.15) is 73.6 Å². The fraction of sp³-hybridized carbons (Fsp3) is 0.731. The van der Waals surface area contributed by atoms with Crippen LogP contribution in [0.15, 0.2) is 23.5 Å². The van der Waals surface area contributed by atoms with E-state index in [2.05, 4.69) is 6.58 Å². The Balaban J connectivity index is 2.15. The molecule has 0 spiro atoms. The normalized spacial score (nSPS) is 38.2. The molecule has 3 rings (SSSR count). The van der Waals surface area contributed by atoms with Gasteiger partial charge >= 0.3 is 11.9 Å². The summed E-state index contributed by atoms with van der Waals surface area (Å²) in [6, 6.07) is 0. The third-order valence-corrected chi connectivity index (χ3v) is 8.09. The summed E-state index contributed by atoms with van der Waals surface area (Å²) in [7, 11) is 0. The number of allylic oxidation sites excluding steroid dienone is 1. The van der Waals surface area contributed by atoms with Crippen molar-refractivity contribution >= 4 is 17.7 Å². The summed E-state index contributed by atoms with van der Waals surface area (Å²) in [5, 5.41) is 23.2. The lowest BCUT2D eigenvalue weighted by atomic mass is 9.78. The predicted octanol–water partition coefficient (Wildman–Crippen LogP) is 4.04. The Bertz CT molecular complexity index is 885. The zero-order valence-corrected chi connectivity index (χ0v) is 20.6. The van der Waals surface area contributed by atoms with Crippen molar-refractivity contribution in [3.63, 3.8) is 0 Å². The van der Waals surface area contributed by atoms with Crippen molar-refractivity contribution in [2.45, 2.75) is 91.5 Å². The molecule has 0 heterocycles. The first-order valence-electron chi connectivity index (χ1n) is 12.0. The number of ether oxygens (including phenoxy) is 2. The number of hydrogen-bond donors (Lipinski definition) is 2. The molecule has 7 atom stereocenters. The Labute approximate surface area is 196 Å². The number of hydrogen-bond acceptors (Lipinski definition) is 7. The molecular weight excluding hydrogens is 424 g/mol. The summed E-state index contributed by atoms with van der Waals surface area (Å²) >= 11 is 0. The molecule has 0 amide bonds. The second-order valence-electron chi connectivity index (χ2n) is 10.8. The van der Waals surface area contributed by atoms with Gasteiger partial charge in [-0.25, -0.2) is 0 Å². The summed E-state index contributed by atoms with van der Waals surface area (Å²) < 4.78 is 11.5. The third kappa shape index (κ3) is 4.36. The van der Waals surface area contributed by atoms with Gasteiger partial charge in [0.2, 0.25) is 0 Å². The topological polar surface area (TPSA) is 110 Å². The highest BCUT2D eigenvalue weighted by Crippen LogP contribution is 2.62. The lowest BCUT2D eigenvalue weighted by Gasteiger charge is -2.38. The first-order valence-corrected chi connectivity index (χ1v) is 12.0. The number of esters is 2. The number of Topliss-reactive ketones (excluding diaryl/α,β-unsaturated/α-hetero) is 1. The maximum absolute atomic E-state index is 13.3. The molecule has 3 aliphatic rings. The number of aliphatic hydroxyl groups excluding tert-OH is 1. The number of carbonyl (C=O) groups excluding carboxylic acids is 3. The summed E-state index contributed by atoms with van der Waals surface area (Å²) in [5.41, 5.74) is -1.43. The minimum absolute atomic E-state index is 0.0563. The molecule has 0 aromatic rings. The first-order chi connectivity index (χ1) is 15.3. The van der Waals surface area contributed by atoms with Crippen molar-refractivity contribution in [1.29, 1.82) is 0 Å². The highest BCUT2D eigenvalue weighted by Gasteiger charge is 2.64. The molecule has 7 heteroatoms. The van der Waals surface area contributed by atoms with Crippen molar-refractivity contribution in [2.24, 2.45) is 29.1 Å². The van der Waals surface area contributed by atoms with E-state index in [1.807, 2.05) is 27.7 Å². The lowest BCUT2D eigenvalue weighted by Crippen LogP contribution is -2.49. The average Bonchev–Trinajstić information content (AvgIpc) is 3.17. The number of fused-ring (bicyclic) bond motifs is 2. The van der Waals surface area contributed by atoms with Gasteiger partial charge in [0.25, 0.3) is 0 Å². The molecule has 0 aliphatic heterocycles. The summed E-state index contributed by atoms with van der Waals surface area (Å²) in [5.74, 6) is -3.04. The molecule has 0 radical (unpaired) electrons. The van der Waals surface area contributed by atoms with Gasteiger partial charge in [0, 0.05) is 24.8 Å². The van der Waals surface area contributed by atoms with Gasteiger partial charge < -0.3 is 19.7 Å². The van der Waals surface area contributed by atoms with E-state index >= 15 is 0 Å². The largest absolute Gasteiger partial charge is 0.509 e. The quantitative estimate of drug-likeness (QED) is 0.479. The van der Waals surface area contributed by atoms with E-state index < -0.39 is 41.4 Å². The van der Waals surface area contributed by atoms with Gasteiger partial charge in [-0.1, -0.05) is 34.3 Å². The monoisotopic (exact) mass is 462 g/mol. The van der Waals surface area contributed by atoms with E-state index in [-0.39, 0.29) is 47.4 Å². The predicted molar refractivity (Wildman–Crippen MR) is 122 cm³/mol. The summed E-state index contributed by atoms with van der Waals surface area (Å²) in [6.45, 7) is 14.7. The van der Waals surface area contributed by atoms with Crippen LogP contribution in [0.5, 0.6) is 0 Å². The zero-order valence-electron chi connectivity index (χ0n) is 20.6. The third-order valence-electron chi connectivity index (χ3n) is 8.09. The molecule has 2 N–H and O–H groups in total. The Kier molecular flexibility index (Phi) is 6.87. The molecule has 2 fully saturated rings. The number of rotatable bonds is 4. The fourth-order valence-electron chi connectivity index (χ4n) is 6.20. The zero-order chi connectivity index (χ0) is 24.9. The second kappa shape index (κ2) is 8.90. The van der Waals surface area contributed by atoms with E-state index in [4.69, 9.17) is 9.47 Å². The van der Waals surface area contributed by atoms with Crippen LogP contribution in [-0.2, 0) is 23.9 Å². The standard InChI is InChI=1S/C26H38O7/c1-8-9-18(28)33-23-14(3)12-26(31)20(23)22(32-16(5)27)13(2)10-11-17-19(25(17,6)7)21(29)15(4)24(26)30/h14,17,19-20,22-23,30-31H,2,8-12H2,1,3-7H3/t14-,17-,19-,20-,22-,23-,26+/m0/s1. The molecule has 0 unspecified atom stereocenters. The maximum atomic E-state index is 13.3. The van der Waals surface area contributed by atoms with Crippen LogP contribution < -0.4 is 0 Å². The van der Waals surface area contributed by atoms with Crippen molar-refractivity contribution in [3.05, 3.63) is 23.5 Å². The van der Waals surface area contributed by atoms with E-state index in [0.29, 0.717) is 24.8 Å². The summed E-state index contributed by atoms with van der Waals surface area (Å²) in [6.07, 6.45) is 0.256. The molecule has 0 saturated heterocycles. The minimum Gasteiger partial charge on any atom is -0.509 e. The van der Waals surface area contributed by atoms with Gasteiger partial charge in [-0.3, -0.25) is 14.4 Å². The minimum atomic E-state index is -1.90. The Morgan fingerprint density at radius 2 is 1.88 bits per heavy atom. The van der Waals surface area contributed by atoms with E-state index in [0.717, 1.165) is 0 Å². The maximum Gasteiger partial charge on any atom is 0.306 e. The van der Waals surface area contributed by atoms with Crippen molar-refractivity contribution in [3.8, 4) is 0 Å². The Morgan fingerprint density at radius 3 is 2.45 bits per heavy atom. The number of carbonyl (C=O) groups is 3. The molecule has 0 bridgehead atoms. The van der Waals surface area contributed by atoms with Crippen LogP contribution in [-0.4, -0.2) is 45.7 Å².